The van der Waals surface area contributed by atoms with Crippen molar-refractivity contribution in [1.29, 1.82) is 0 Å². The first-order valence-corrected chi connectivity index (χ1v) is 10.5. The smallest absolute Gasteiger partial charge is 0.223 e. The molecule has 0 aliphatic carbocycles. The lowest BCUT2D eigenvalue weighted by Crippen LogP contribution is -2.49. The van der Waals surface area contributed by atoms with Crippen LogP contribution in [0.25, 0.3) is 10.9 Å². The molecule has 0 bridgehead atoms. The van der Waals surface area contributed by atoms with Crippen molar-refractivity contribution in [3.63, 3.8) is 0 Å². The maximum Gasteiger partial charge on any atom is 0.223 e. The van der Waals surface area contributed by atoms with E-state index in [1.807, 2.05) is 61.2 Å². The van der Waals surface area contributed by atoms with Crippen LogP contribution in [0, 0.1) is 13.8 Å². The van der Waals surface area contributed by atoms with Gasteiger partial charge in [-0.25, -0.2) is 4.98 Å². The molecule has 30 heavy (non-hydrogen) atoms. The van der Waals surface area contributed by atoms with Crippen molar-refractivity contribution in [1.82, 2.24) is 9.88 Å². The number of pyridine rings is 1. The first kappa shape index (κ1) is 20.1. The van der Waals surface area contributed by atoms with Crippen LogP contribution in [-0.4, -0.2) is 47.8 Å². The zero-order valence-corrected chi connectivity index (χ0v) is 17.6. The molecule has 1 aliphatic rings. The fourth-order valence-corrected chi connectivity index (χ4v) is 3.85. The summed E-state index contributed by atoms with van der Waals surface area (Å²) in [5, 5.41) is 1.13. The van der Waals surface area contributed by atoms with Gasteiger partial charge in [-0.05, 0) is 49.2 Å². The van der Waals surface area contributed by atoms with Gasteiger partial charge in [0.2, 0.25) is 5.91 Å². The van der Waals surface area contributed by atoms with Crippen molar-refractivity contribution < 1.29 is 9.59 Å². The van der Waals surface area contributed by atoms with Crippen molar-refractivity contribution in [2.45, 2.75) is 26.7 Å². The molecule has 154 valence electrons. The molecule has 1 fully saturated rings. The van der Waals surface area contributed by atoms with Crippen LogP contribution in [0.2, 0.25) is 0 Å². The molecule has 3 aromatic rings. The number of amides is 1. The van der Waals surface area contributed by atoms with Crippen molar-refractivity contribution >= 4 is 28.4 Å². The summed E-state index contributed by atoms with van der Waals surface area (Å²) in [5.41, 5.74) is 3.95. The molecule has 1 aromatic heterocycles. The van der Waals surface area contributed by atoms with Crippen LogP contribution in [0.3, 0.4) is 0 Å². The Labute approximate surface area is 177 Å². The summed E-state index contributed by atoms with van der Waals surface area (Å²) in [6.45, 7) is 6.85. The van der Waals surface area contributed by atoms with Crippen molar-refractivity contribution in [2.24, 2.45) is 0 Å². The number of Topliss-reactive ketones (excluding diaryl/α,β-unsaturated/α-hetero) is 1. The number of carbonyl (C=O) groups is 2. The Morgan fingerprint density at radius 2 is 1.63 bits per heavy atom. The average molecular weight is 402 g/mol. The van der Waals surface area contributed by atoms with Crippen LogP contribution >= 0.6 is 0 Å². The molecule has 1 aliphatic heterocycles. The Hall–Kier alpha value is -3.21. The van der Waals surface area contributed by atoms with E-state index in [-0.39, 0.29) is 24.5 Å². The number of rotatable bonds is 5. The van der Waals surface area contributed by atoms with Crippen LogP contribution in [0.15, 0.2) is 54.6 Å². The Bertz CT molecular complexity index is 1080. The number of para-hydroxylation sites is 1. The maximum atomic E-state index is 12.6. The largest absolute Gasteiger partial charge is 0.353 e. The van der Waals surface area contributed by atoms with Gasteiger partial charge in [0.05, 0.1) is 5.52 Å². The third-order valence-corrected chi connectivity index (χ3v) is 5.93. The fraction of sp³-hybridized carbons (Fsp3) is 0.320. The topological polar surface area (TPSA) is 53.5 Å². The highest BCUT2D eigenvalue weighted by atomic mass is 16.2. The summed E-state index contributed by atoms with van der Waals surface area (Å²) in [6, 6.07) is 17.9. The van der Waals surface area contributed by atoms with Crippen LogP contribution in [-0.2, 0) is 4.79 Å². The molecule has 0 atom stereocenters. The van der Waals surface area contributed by atoms with Gasteiger partial charge in [-0.2, -0.15) is 0 Å². The van der Waals surface area contributed by atoms with E-state index < -0.39 is 0 Å². The van der Waals surface area contributed by atoms with Gasteiger partial charge in [-0.3, -0.25) is 9.59 Å². The van der Waals surface area contributed by atoms with Crippen molar-refractivity contribution in [3.05, 3.63) is 71.3 Å². The fourth-order valence-electron chi connectivity index (χ4n) is 3.85. The number of anilines is 1. The molecule has 0 radical (unpaired) electrons. The van der Waals surface area contributed by atoms with Gasteiger partial charge in [-0.1, -0.05) is 30.3 Å². The molecular weight excluding hydrogens is 374 g/mol. The second-order valence-corrected chi connectivity index (χ2v) is 7.95. The number of benzene rings is 2. The SMILES string of the molecule is Cc1ccc(C(=O)CCC(=O)N2CCN(c3ccc4ccccc4n3)CC2)cc1C. The molecule has 0 N–H and O–H groups in total. The summed E-state index contributed by atoms with van der Waals surface area (Å²) in [6.07, 6.45) is 0.522. The summed E-state index contributed by atoms with van der Waals surface area (Å²) in [4.78, 5) is 33.9. The number of hydrogen-bond acceptors (Lipinski definition) is 4. The Kier molecular flexibility index (Phi) is 5.79. The van der Waals surface area contributed by atoms with Gasteiger partial charge in [0.25, 0.3) is 0 Å². The van der Waals surface area contributed by atoms with Crippen LogP contribution in [0.5, 0.6) is 0 Å². The Morgan fingerprint density at radius 1 is 0.867 bits per heavy atom. The molecule has 0 unspecified atom stereocenters. The minimum atomic E-state index is 0.0328. The van der Waals surface area contributed by atoms with E-state index in [1.165, 1.54) is 5.56 Å². The number of piperazine rings is 1. The van der Waals surface area contributed by atoms with Crippen LogP contribution in [0.1, 0.15) is 34.3 Å². The van der Waals surface area contributed by atoms with Gasteiger partial charge in [0.1, 0.15) is 5.82 Å². The maximum absolute atomic E-state index is 12.6. The summed E-state index contributed by atoms with van der Waals surface area (Å²) >= 11 is 0. The first-order valence-electron chi connectivity index (χ1n) is 10.5. The molecule has 0 spiro atoms. The highest BCUT2D eigenvalue weighted by Gasteiger charge is 2.22. The van der Waals surface area contributed by atoms with E-state index in [1.54, 1.807) is 0 Å². The van der Waals surface area contributed by atoms with Gasteiger partial charge < -0.3 is 9.80 Å². The first-order chi connectivity index (χ1) is 14.5. The third kappa shape index (κ3) is 4.35. The quantitative estimate of drug-likeness (QED) is 0.603. The second-order valence-electron chi connectivity index (χ2n) is 7.95. The van der Waals surface area contributed by atoms with E-state index in [4.69, 9.17) is 4.98 Å². The molecule has 2 aromatic carbocycles. The standard InChI is InChI=1S/C25H27N3O2/c1-18-7-8-21(17-19(18)2)23(29)10-12-25(30)28-15-13-27(14-16-28)24-11-9-20-5-3-4-6-22(20)26-24/h3-9,11,17H,10,12-16H2,1-2H3. The molecule has 4 rings (SSSR count). The average Bonchev–Trinajstić information content (AvgIpc) is 2.78. The molecule has 2 heterocycles. The van der Waals surface area contributed by atoms with Crippen molar-refractivity contribution in [2.75, 3.05) is 31.1 Å². The number of ketones is 1. The van der Waals surface area contributed by atoms with E-state index in [0.717, 1.165) is 35.4 Å². The van der Waals surface area contributed by atoms with Gasteiger partial charge in [-0.15, -0.1) is 0 Å². The molecule has 0 saturated carbocycles. The van der Waals surface area contributed by atoms with Gasteiger partial charge in [0.15, 0.2) is 5.78 Å². The predicted octanol–water partition coefficient (Wildman–Crippen LogP) is 4.16. The monoisotopic (exact) mass is 401 g/mol. The summed E-state index contributed by atoms with van der Waals surface area (Å²) in [5.74, 6) is 1.04. The zero-order valence-electron chi connectivity index (χ0n) is 17.6. The molecule has 1 amide bonds. The van der Waals surface area contributed by atoms with E-state index in [9.17, 15) is 9.59 Å². The van der Waals surface area contributed by atoms with E-state index >= 15 is 0 Å². The lowest BCUT2D eigenvalue weighted by molar-refractivity contribution is -0.131. The number of aromatic nitrogens is 1. The zero-order chi connectivity index (χ0) is 21.1. The number of fused-ring (bicyclic) bond motifs is 1. The lowest BCUT2D eigenvalue weighted by Gasteiger charge is -2.35. The van der Waals surface area contributed by atoms with Gasteiger partial charge >= 0.3 is 0 Å². The molecule has 1 saturated heterocycles. The highest BCUT2D eigenvalue weighted by Crippen LogP contribution is 2.20. The molecule has 5 nitrogen and oxygen atoms in total. The van der Waals surface area contributed by atoms with Crippen LogP contribution < -0.4 is 4.90 Å². The normalized spacial score (nSPS) is 14.2. The van der Waals surface area contributed by atoms with E-state index in [2.05, 4.69) is 17.0 Å². The minimum Gasteiger partial charge on any atom is -0.353 e. The molecular formula is C25H27N3O2. The summed E-state index contributed by atoms with van der Waals surface area (Å²) in [7, 11) is 0. The number of carbonyl (C=O) groups excluding carboxylic acids is 2. The van der Waals surface area contributed by atoms with Crippen molar-refractivity contribution in [3.8, 4) is 0 Å². The third-order valence-electron chi connectivity index (χ3n) is 5.93. The van der Waals surface area contributed by atoms with Gasteiger partial charge in [0, 0.05) is 50.0 Å². The number of aryl methyl sites for hydroxylation is 2. The van der Waals surface area contributed by atoms with E-state index in [0.29, 0.717) is 18.7 Å². The second kappa shape index (κ2) is 8.66. The number of hydrogen-bond donors (Lipinski definition) is 0. The minimum absolute atomic E-state index is 0.0328. The molecule has 5 heteroatoms. The summed E-state index contributed by atoms with van der Waals surface area (Å²) < 4.78 is 0. The predicted molar refractivity (Wildman–Crippen MR) is 120 cm³/mol. The number of nitrogens with zero attached hydrogens (tertiary/aromatic N) is 3. The lowest BCUT2D eigenvalue weighted by atomic mass is 10.0. The van der Waals surface area contributed by atoms with Crippen LogP contribution in [0.4, 0.5) is 5.82 Å². The Morgan fingerprint density at radius 3 is 2.40 bits per heavy atom. The Balaban J connectivity index is 1.30. The highest BCUT2D eigenvalue weighted by molar-refractivity contribution is 5.98.